The fourth-order valence-electron chi connectivity index (χ4n) is 2.36. The molecule has 3 aromatic carbocycles. The molecule has 126 valence electrons. The zero-order chi connectivity index (χ0) is 17.2. The van der Waals surface area contributed by atoms with Gasteiger partial charge in [0.15, 0.2) is 0 Å². The van der Waals surface area contributed by atoms with E-state index in [1.807, 2.05) is 91.0 Å². The van der Waals surface area contributed by atoms with E-state index in [9.17, 15) is 0 Å². The Labute approximate surface area is 149 Å². The summed E-state index contributed by atoms with van der Waals surface area (Å²) in [4.78, 5) is 0. The van der Waals surface area contributed by atoms with Crippen LogP contribution < -0.4 is 0 Å². The van der Waals surface area contributed by atoms with Crippen LogP contribution in [0.25, 0.3) is 0 Å². The van der Waals surface area contributed by atoms with Crippen molar-refractivity contribution in [2.75, 3.05) is 0 Å². The lowest BCUT2D eigenvalue weighted by Crippen LogP contribution is -2.27. The first-order chi connectivity index (χ1) is 12.4. The van der Waals surface area contributed by atoms with Gasteiger partial charge in [0.2, 0.25) is 0 Å². The SMILES string of the molecule is c1ccc(COB(OCc2ccccc2)OCc2ccccc2)cc1. The van der Waals surface area contributed by atoms with E-state index in [4.69, 9.17) is 14.0 Å². The molecule has 0 heterocycles. The average molecular weight is 332 g/mol. The van der Waals surface area contributed by atoms with Crippen molar-refractivity contribution < 1.29 is 14.0 Å². The fourth-order valence-corrected chi connectivity index (χ4v) is 2.36. The largest absolute Gasteiger partial charge is 0.640 e. The van der Waals surface area contributed by atoms with E-state index < -0.39 is 7.32 Å². The zero-order valence-electron chi connectivity index (χ0n) is 14.1. The van der Waals surface area contributed by atoms with Crippen molar-refractivity contribution in [2.45, 2.75) is 19.8 Å². The zero-order valence-corrected chi connectivity index (χ0v) is 14.1. The van der Waals surface area contributed by atoms with E-state index in [-0.39, 0.29) is 0 Å². The van der Waals surface area contributed by atoms with Gasteiger partial charge in [-0.25, -0.2) is 0 Å². The molecule has 0 saturated heterocycles. The normalized spacial score (nSPS) is 10.6. The van der Waals surface area contributed by atoms with Gasteiger partial charge in [0, 0.05) is 0 Å². The first-order valence-corrected chi connectivity index (χ1v) is 8.37. The Morgan fingerprint density at radius 1 is 0.440 bits per heavy atom. The highest BCUT2D eigenvalue weighted by atomic mass is 16.7. The lowest BCUT2D eigenvalue weighted by molar-refractivity contribution is 0.0766. The summed E-state index contributed by atoms with van der Waals surface area (Å²) >= 11 is 0. The fraction of sp³-hybridized carbons (Fsp3) is 0.143. The summed E-state index contributed by atoms with van der Waals surface area (Å²) in [5.74, 6) is 0. The van der Waals surface area contributed by atoms with Crippen molar-refractivity contribution >= 4 is 7.32 Å². The second-order valence-corrected chi connectivity index (χ2v) is 5.68. The van der Waals surface area contributed by atoms with E-state index in [2.05, 4.69) is 0 Å². The maximum atomic E-state index is 5.83. The third-order valence-corrected chi connectivity index (χ3v) is 3.69. The van der Waals surface area contributed by atoms with Gasteiger partial charge in [-0.3, -0.25) is 0 Å². The van der Waals surface area contributed by atoms with Crippen molar-refractivity contribution in [1.82, 2.24) is 0 Å². The van der Waals surface area contributed by atoms with Crippen LogP contribution in [-0.4, -0.2) is 7.32 Å². The molecular weight excluding hydrogens is 311 g/mol. The van der Waals surface area contributed by atoms with E-state index in [1.165, 1.54) is 0 Å². The molecule has 0 amide bonds. The minimum absolute atomic E-state index is 0.440. The third kappa shape index (κ3) is 6.20. The van der Waals surface area contributed by atoms with Gasteiger partial charge in [-0.2, -0.15) is 0 Å². The minimum atomic E-state index is -0.722. The Bertz CT molecular complexity index is 616. The van der Waals surface area contributed by atoms with Crippen LogP contribution in [0.2, 0.25) is 0 Å². The van der Waals surface area contributed by atoms with Gasteiger partial charge in [0.25, 0.3) is 0 Å². The molecule has 0 fully saturated rings. The van der Waals surface area contributed by atoms with Crippen LogP contribution in [-0.2, 0) is 33.8 Å². The standard InChI is InChI=1S/C21H21BO3/c1-4-10-19(11-5-1)16-23-22(24-17-20-12-6-2-7-13-20)25-18-21-14-8-3-9-15-21/h1-15H,16-18H2. The highest BCUT2D eigenvalue weighted by molar-refractivity contribution is 6.36. The van der Waals surface area contributed by atoms with Crippen LogP contribution in [0.15, 0.2) is 91.0 Å². The molecule has 0 atom stereocenters. The van der Waals surface area contributed by atoms with E-state index in [1.54, 1.807) is 0 Å². The molecular formula is C21H21BO3. The van der Waals surface area contributed by atoms with Gasteiger partial charge in [0.05, 0.1) is 19.8 Å². The van der Waals surface area contributed by atoms with Crippen molar-refractivity contribution in [3.8, 4) is 0 Å². The predicted octanol–water partition coefficient (Wildman–Crippen LogP) is 4.62. The van der Waals surface area contributed by atoms with E-state index in [0.717, 1.165) is 16.7 Å². The van der Waals surface area contributed by atoms with Gasteiger partial charge < -0.3 is 14.0 Å². The molecule has 0 bridgehead atoms. The summed E-state index contributed by atoms with van der Waals surface area (Å²) in [5.41, 5.74) is 3.25. The third-order valence-electron chi connectivity index (χ3n) is 3.69. The summed E-state index contributed by atoms with van der Waals surface area (Å²) in [7, 11) is -0.722. The summed E-state index contributed by atoms with van der Waals surface area (Å²) in [6, 6.07) is 30.0. The van der Waals surface area contributed by atoms with Crippen LogP contribution in [0.5, 0.6) is 0 Å². The Kier molecular flexibility index (Phi) is 6.83. The summed E-state index contributed by atoms with van der Waals surface area (Å²) in [5, 5.41) is 0. The topological polar surface area (TPSA) is 27.7 Å². The van der Waals surface area contributed by atoms with Crippen LogP contribution in [0, 0.1) is 0 Å². The molecule has 0 N–H and O–H groups in total. The molecule has 0 radical (unpaired) electrons. The van der Waals surface area contributed by atoms with Crippen LogP contribution >= 0.6 is 0 Å². The Morgan fingerprint density at radius 3 is 1.00 bits per heavy atom. The highest BCUT2D eigenvalue weighted by Gasteiger charge is 2.21. The molecule has 0 aliphatic heterocycles. The van der Waals surface area contributed by atoms with E-state index >= 15 is 0 Å². The van der Waals surface area contributed by atoms with Gasteiger partial charge in [-0.15, -0.1) is 0 Å². The Balaban J connectivity index is 1.56. The van der Waals surface area contributed by atoms with Crippen molar-refractivity contribution in [3.63, 3.8) is 0 Å². The lowest BCUT2D eigenvalue weighted by Gasteiger charge is -2.15. The second-order valence-electron chi connectivity index (χ2n) is 5.68. The van der Waals surface area contributed by atoms with E-state index in [0.29, 0.717) is 19.8 Å². The minimum Gasteiger partial charge on any atom is -0.382 e. The second kappa shape index (κ2) is 9.79. The predicted molar refractivity (Wildman–Crippen MR) is 99.4 cm³/mol. The van der Waals surface area contributed by atoms with Gasteiger partial charge in [-0.1, -0.05) is 91.0 Å². The molecule has 25 heavy (non-hydrogen) atoms. The Hall–Kier alpha value is -2.40. The monoisotopic (exact) mass is 332 g/mol. The number of hydrogen-bond donors (Lipinski definition) is 0. The highest BCUT2D eigenvalue weighted by Crippen LogP contribution is 2.09. The van der Waals surface area contributed by atoms with Crippen molar-refractivity contribution in [3.05, 3.63) is 108 Å². The molecule has 3 nitrogen and oxygen atoms in total. The van der Waals surface area contributed by atoms with Gasteiger partial charge in [-0.05, 0) is 16.7 Å². The molecule has 0 aromatic heterocycles. The summed E-state index contributed by atoms with van der Waals surface area (Å²) < 4.78 is 17.5. The number of benzene rings is 3. The smallest absolute Gasteiger partial charge is 0.382 e. The number of hydrogen-bond acceptors (Lipinski definition) is 3. The number of rotatable bonds is 9. The lowest BCUT2D eigenvalue weighted by atomic mass is 10.1. The molecule has 0 spiro atoms. The molecule has 4 heteroatoms. The van der Waals surface area contributed by atoms with Crippen LogP contribution in [0.3, 0.4) is 0 Å². The van der Waals surface area contributed by atoms with Gasteiger partial charge in [0.1, 0.15) is 0 Å². The Morgan fingerprint density at radius 2 is 0.720 bits per heavy atom. The van der Waals surface area contributed by atoms with Crippen molar-refractivity contribution in [2.24, 2.45) is 0 Å². The quantitative estimate of drug-likeness (QED) is 0.535. The molecule has 3 aromatic rings. The molecule has 3 rings (SSSR count). The first kappa shape index (κ1) is 17.4. The molecule has 0 aliphatic carbocycles. The molecule has 0 aliphatic rings. The summed E-state index contributed by atoms with van der Waals surface area (Å²) in [6.45, 7) is 1.32. The van der Waals surface area contributed by atoms with Crippen LogP contribution in [0.1, 0.15) is 16.7 Å². The first-order valence-electron chi connectivity index (χ1n) is 8.37. The molecule has 0 unspecified atom stereocenters. The summed E-state index contributed by atoms with van der Waals surface area (Å²) in [6.07, 6.45) is 0. The van der Waals surface area contributed by atoms with Crippen molar-refractivity contribution in [1.29, 1.82) is 0 Å². The average Bonchev–Trinajstić information content (AvgIpc) is 2.70. The maximum Gasteiger partial charge on any atom is 0.640 e. The maximum absolute atomic E-state index is 5.83. The van der Waals surface area contributed by atoms with Crippen LogP contribution in [0.4, 0.5) is 0 Å². The molecule has 0 saturated carbocycles. The van der Waals surface area contributed by atoms with Gasteiger partial charge >= 0.3 is 7.32 Å².